The van der Waals surface area contributed by atoms with E-state index in [1.807, 2.05) is 73.7 Å². The Morgan fingerprint density at radius 1 is 0.978 bits per heavy atom. The van der Waals surface area contributed by atoms with Crippen molar-refractivity contribution in [2.75, 3.05) is 14.2 Å². The average Bonchev–Trinajstić information content (AvgIpc) is 3.65. The number of rotatable bonds is 3. The van der Waals surface area contributed by atoms with Gasteiger partial charge >= 0.3 is 6.09 Å². The number of benzene rings is 4. The van der Waals surface area contributed by atoms with Gasteiger partial charge in [-0.05, 0) is 31.2 Å². The SMILES string of the molecule is COC1C(N(C)C(=O)Oc2ccccc2)CC2OC1(C)n1c3ccccc3c3c4c(c5c6ccccc6n2c5c31)C(=O)NC4O. The number of para-hydroxylation sites is 3. The number of carbonyl (C=O) groups is 2. The van der Waals surface area contributed by atoms with Gasteiger partial charge in [-0.25, -0.2) is 4.79 Å². The van der Waals surface area contributed by atoms with E-state index in [1.165, 1.54) is 0 Å². The first-order valence-corrected chi connectivity index (χ1v) is 15.0. The van der Waals surface area contributed by atoms with Crippen LogP contribution in [0.3, 0.4) is 0 Å². The summed E-state index contributed by atoms with van der Waals surface area (Å²) in [7, 11) is 3.37. The summed E-state index contributed by atoms with van der Waals surface area (Å²) >= 11 is 0. The van der Waals surface area contributed by atoms with E-state index in [-0.39, 0.29) is 5.91 Å². The Bertz CT molecular complexity index is 2240. The molecule has 2 amide bonds. The number of methoxy groups -OCH3 is 1. The minimum Gasteiger partial charge on any atom is -0.410 e. The summed E-state index contributed by atoms with van der Waals surface area (Å²) in [5.41, 5.74) is 3.38. The highest BCUT2D eigenvalue weighted by molar-refractivity contribution is 6.31. The van der Waals surface area contributed by atoms with E-state index >= 15 is 0 Å². The van der Waals surface area contributed by atoms with Crippen molar-refractivity contribution in [2.45, 2.75) is 43.7 Å². The third-order valence-corrected chi connectivity index (χ3v) is 9.98. The van der Waals surface area contributed by atoms with E-state index in [9.17, 15) is 14.7 Å². The maximum absolute atomic E-state index is 13.6. The van der Waals surface area contributed by atoms with Gasteiger partial charge in [0.25, 0.3) is 5.91 Å². The number of likely N-dealkylation sites (N-methyl/N-ethyl adjacent to an activating group) is 1. The van der Waals surface area contributed by atoms with Gasteiger partial charge in [0.15, 0.2) is 12.0 Å². The van der Waals surface area contributed by atoms with Crippen molar-refractivity contribution in [2.24, 2.45) is 0 Å². The third-order valence-electron chi connectivity index (χ3n) is 9.98. The van der Waals surface area contributed by atoms with Gasteiger partial charge in [0.05, 0.1) is 33.7 Å². The van der Waals surface area contributed by atoms with Crippen molar-refractivity contribution in [1.82, 2.24) is 19.4 Å². The van der Waals surface area contributed by atoms with E-state index in [0.29, 0.717) is 23.3 Å². The zero-order valence-electron chi connectivity index (χ0n) is 24.9. The average molecular weight is 603 g/mol. The summed E-state index contributed by atoms with van der Waals surface area (Å²) in [5, 5.41) is 17.4. The molecule has 0 spiro atoms. The van der Waals surface area contributed by atoms with Crippen LogP contribution in [0.2, 0.25) is 0 Å². The molecule has 6 aromatic rings. The predicted octanol–water partition coefficient (Wildman–Crippen LogP) is 5.76. The van der Waals surface area contributed by atoms with Gasteiger partial charge in [-0.1, -0.05) is 54.6 Å². The van der Waals surface area contributed by atoms with Gasteiger partial charge in [0.2, 0.25) is 0 Å². The zero-order chi connectivity index (χ0) is 30.8. The first kappa shape index (κ1) is 26.5. The zero-order valence-corrected chi connectivity index (χ0v) is 24.9. The van der Waals surface area contributed by atoms with Crippen LogP contribution in [0.4, 0.5) is 4.79 Å². The molecule has 4 aromatic carbocycles. The highest BCUT2D eigenvalue weighted by Gasteiger charge is 2.55. The summed E-state index contributed by atoms with van der Waals surface area (Å²) < 4.78 is 23.5. The number of carbonyl (C=O) groups excluding carboxylic acids is 2. The van der Waals surface area contributed by atoms with Crippen LogP contribution in [0.1, 0.15) is 41.7 Å². The summed E-state index contributed by atoms with van der Waals surface area (Å²) in [5.74, 6) is 0.142. The smallest absolute Gasteiger partial charge is 0.410 e. The fourth-order valence-corrected chi connectivity index (χ4v) is 8.23. The van der Waals surface area contributed by atoms with Gasteiger partial charge in [-0.2, -0.15) is 0 Å². The monoisotopic (exact) mass is 602 g/mol. The van der Waals surface area contributed by atoms with Gasteiger partial charge in [0.1, 0.15) is 18.1 Å². The van der Waals surface area contributed by atoms with Crippen LogP contribution < -0.4 is 10.1 Å². The summed E-state index contributed by atoms with van der Waals surface area (Å²) in [4.78, 5) is 28.8. The molecule has 3 aliphatic rings. The van der Waals surface area contributed by atoms with Crippen molar-refractivity contribution in [3.8, 4) is 5.75 Å². The molecule has 5 heterocycles. The van der Waals surface area contributed by atoms with Crippen LogP contribution in [-0.4, -0.2) is 57.4 Å². The Hall–Kier alpha value is -4.90. The predicted molar refractivity (Wildman–Crippen MR) is 168 cm³/mol. The Kier molecular flexibility index (Phi) is 5.34. The lowest BCUT2D eigenvalue weighted by Gasteiger charge is -2.50. The lowest BCUT2D eigenvalue weighted by molar-refractivity contribution is -0.264. The van der Waals surface area contributed by atoms with Crippen LogP contribution in [0, 0.1) is 0 Å². The minimum atomic E-state index is -1.17. The number of aliphatic hydroxyl groups excluding tert-OH is 1. The molecule has 3 aliphatic heterocycles. The number of ether oxygens (including phenoxy) is 3. The minimum absolute atomic E-state index is 0.311. The summed E-state index contributed by atoms with van der Waals surface area (Å²) in [6.45, 7) is 2.00. The molecule has 2 bridgehead atoms. The molecular formula is C35H30N4O6. The maximum Gasteiger partial charge on any atom is 0.415 e. The fourth-order valence-electron chi connectivity index (χ4n) is 8.23. The van der Waals surface area contributed by atoms with E-state index < -0.39 is 36.4 Å². The second-order valence-corrected chi connectivity index (χ2v) is 12.2. The fraction of sp³-hybridized carbons (Fsp3) is 0.257. The van der Waals surface area contributed by atoms with E-state index in [0.717, 1.165) is 43.6 Å². The number of amides is 2. The molecule has 0 saturated carbocycles. The highest BCUT2D eigenvalue weighted by Crippen LogP contribution is 2.55. The molecule has 5 unspecified atom stereocenters. The van der Waals surface area contributed by atoms with Gasteiger partial charge in [0, 0.05) is 47.7 Å². The number of fused-ring (bicyclic) bond motifs is 13. The van der Waals surface area contributed by atoms with Crippen LogP contribution in [-0.2, 0) is 15.2 Å². The molecule has 0 radical (unpaired) electrons. The molecule has 10 nitrogen and oxygen atoms in total. The van der Waals surface area contributed by atoms with Crippen LogP contribution in [0.15, 0.2) is 78.9 Å². The number of aromatic nitrogens is 2. The molecule has 5 atom stereocenters. The normalized spacial score (nSPS) is 25.2. The Balaban J connectivity index is 1.38. The van der Waals surface area contributed by atoms with Gasteiger partial charge in [-0.3, -0.25) is 4.79 Å². The lowest BCUT2D eigenvalue weighted by atomic mass is 9.92. The number of nitrogens with zero attached hydrogens (tertiary/aromatic N) is 3. The molecule has 0 aliphatic carbocycles. The Morgan fingerprint density at radius 2 is 1.64 bits per heavy atom. The molecule has 1 saturated heterocycles. The molecule has 45 heavy (non-hydrogen) atoms. The maximum atomic E-state index is 13.6. The van der Waals surface area contributed by atoms with Crippen molar-refractivity contribution in [3.05, 3.63) is 90.0 Å². The first-order chi connectivity index (χ1) is 21.8. The van der Waals surface area contributed by atoms with E-state index in [4.69, 9.17) is 14.2 Å². The van der Waals surface area contributed by atoms with Crippen molar-refractivity contribution < 1.29 is 28.9 Å². The van der Waals surface area contributed by atoms with E-state index in [2.05, 4.69) is 14.5 Å². The largest absolute Gasteiger partial charge is 0.415 e. The van der Waals surface area contributed by atoms with Crippen LogP contribution in [0.5, 0.6) is 5.75 Å². The molecule has 1 fully saturated rings. The molecular weight excluding hydrogens is 572 g/mol. The lowest BCUT2D eigenvalue weighted by Crippen LogP contribution is -2.61. The van der Waals surface area contributed by atoms with Crippen LogP contribution >= 0.6 is 0 Å². The number of hydrogen-bond donors (Lipinski definition) is 2. The molecule has 10 heteroatoms. The molecule has 226 valence electrons. The van der Waals surface area contributed by atoms with Crippen molar-refractivity contribution >= 4 is 55.6 Å². The quantitative estimate of drug-likeness (QED) is 0.267. The number of aliphatic hydroxyl groups is 1. The second kappa shape index (κ2) is 9.07. The van der Waals surface area contributed by atoms with Crippen molar-refractivity contribution in [1.29, 1.82) is 0 Å². The second-order valence-electron chi connectivity index (χ2n) is 12.2. The number of hydrogen-bond acceptors (Lipinski definition) is 6. The summed E-state index contributed by atoms with van der Waals surface area (Å²) in [6.07, 6.45) is -2.42. The Labute approximate surface area is 257 Å². The van der Waals surface area contributed by atoms with Crippen LogP contribution in [0.25, 0.3) is 43.6 Å². The third kappa shape index (κ3) is 3.28. The molecule has 9 rings (SSSR count). The van der Waals surface area contributed by atoms with E-state index in [1.54, 1.807) is 31.2 Å². The van der Waals surface area contributed by atoms with Crippen molar-refractivity contribution in [3.63, 3.8) is 0 Å². The molecule has 2 N–H and O–H groups in total. The topological polar surface area (TPSA) is 107 Å². The number of nitrogens with one attached hydrogen (secondary N) is 1. The highest BCUT2D eigenvalue weighted by atomic mass is 16.6. The Morgan fingerprint density at radius 3 is 2.38 bits per heavy atom. The standard InChI is InChI=1S/C35H30N4O6/c1-35-31(43-3)23(37(2)34(42)44-18-11-5-4-6-12-18)17-24(45-35)38-21-15-9-7-13-19(21)25-27-28(33(41)36-32(27)40)26-20-14-8-10-16-22(20)39(35)30(26)29(25)38/h4-16,23-24,31,33,41H,17H2,1-3H3,(H,36,40). The van der Waals surface area contributed by atoms with Gasteiger partial charge < -0.3 is 38.7 Å². The first-order valence-electron chi connectivity index (χ1n) is 15.0. The van der Waals surface area contributed by atoms with Gasteiger partial charge in [-0.15, -0.1) is 0 Å². The summed E-state index contributed by atoms with van der Waals surface area (Å²) in [6, 6.07) is 24.5. The molecule has 2 aromatic heterocycles.